The molecule has 0 aliphatic heterocycles. The molecule has 0 heterocycles. The number of aldehydes is 1. The van der Waals surface area contributed by atoms with E-state index in [1.807, 2.05) is 12.1 Å². The van der Waals surface area contributed by atoms with Gasteiger partial charge in [0.2, 0.25) is 0 Å². The summed E-state index contributed by atoms with van der Waals surface area (Å²) in [5.41, 5.74) is 8.32. The Hall–Kier alpha value is -1.15. The molecule has 0 fully saturated rings. The van der Waals surface area contributed by atoms with Crippen LogP contribution in [0.3, 0.4) is 0 Å². The van der Waals surface area contributed by atoms with Gasteiger partial charge in [-0.2, -0.15) is 0 Å². The number of carbonyl (C=O) groups excluding carboxylic acids is 1. The molecular formula is C12H15NO. The second-order valence-electron chi connectivity index (χ2n) is 4.04. The van der Waals surface area contributed by atoms with Crippen molar-refractivity contribution in [1.29, 1.82) is 0 Å². The summed E-state index contributed by atoms with van der Waals surface area (Å²) in [4.78, 5) is 10.6. The molecule has 14 heavy (non-hydrogen) atoms. The molecule has 0 saturated carbocycles. The van der Waals surface area contributed by atoms with E-state index < -0.39 is 5.54 Å². The third-order valence-corrected chi connectivity index (χ3v) is 3.07. The minimum atomic E-state index is -0.406. The lowest BCUT2D eigenvalue weighted by Gasteiger charge is -2.34. The molecule has 0 bridgehead atoms. The molecule has 1 unspecified atom stereocenters. The SMILES string of the molecule is NC1(CC=O)CCCc2ccccc21. The van der Waals surface area contributed by atoms with Gasteiger partial charge in [0.05, 0.1) is 0 Å². The summed E-state index contributed by atoms with van der Waals surface area (Å²) in [5.74, 6) is 0. The van der Waals surface area contributed by atoms with Gasteiger partial charge in [-0.05, 0) is 30.4 Å². The number of fused-ring (bicyclic) bond motifs is 1. The highest BCUT2D eigenvalue weighted by molar-refractivity contribution is 5.54. The van der Waals surface area contributed by atoms with Gasteiger partial charge in [-0.25, -0.2) is 0 Å². The van der Waals surface area contributed by atoms with E-state index in [2.05, 4.69) is 12.1 Å². The fourth-order valence-electron chi connectivity index (χ4n) is 2.31. The van der Waals surface area contributed by atoms with E-state index >= 15 is 0 Å². The van der Waals surface area contributed by atoms with Gasteiger partial charge in [-0.15, -0.1) is 0 Å². The molecule has 0 radical (unpaired) electrons. The summed E-state index contributed by atoms with van der Waals surface area (Å²) in [6, 6.07) is 8.20. The Labute approximate surface area is 84.1 Å². The van der Waals surface area contributed by atoms with Crippen LogP contribution < -0.4 is 5.73 Å². The molecule has 2 heteroatoms. The molecule has 0 saturated heterocycles. The number of aryl methyl sites for hydroxylation is 1. The van der Waals surface area contributed by atoms with Crippen molar-refractivity contribution in [2.45, 2.75) is 31.2 Å². The van der Waals surface area contributed by atoms with Crippen LogP contribution in [0.1, 0.15) is 30.4 Å². The summed E-state index contributed by atoms with van der Waals surface area (Å²) >= 11 is 0. The van der Waals surface area contributed by atoms with Crippen LogP contribution >= 0.6 is 0 Å². The Morgan fingerprint density at radius 1 is 1.43 bits per heavy atom. The highest BCUT2D eigenvalue weighted by Gasteiger charge is 2.31. The lowest BCUT2D eigenvalue weighted by molar-refractivity contribution is -0.109. The maximum atomic E-state index is 10.6. The predicted octanol–water partition coefficient (Wildman–Crippen LogP) is 1.77. The van der Waals surface area contributed by atoms with Crippen molar-refractivity contribution in [1.82, 2.24) is 0 Å². The predicted molar refractivity (Wildman–Crippen MR) is 55.9 cm³/mol. The molecule has 1 aromatic rings. The van der Waals surface area contributed by atoms with Crippen molar-refractivity contribution in [3.05, 3.63) is 35.4 Å². The van der Waals surface area contributed by atoms with E-state index in [-0.39, 0.29) is 0 Å². The first-order valence-electron chi connectivity index (χ1n) is 5.07. The fourth-order valence-corrected chi connectivity index (χ4v) is 2.31. The van der Waals surface area contributed by atoms with E-state index in [4.69, 9.17) is 5.73 Å². The van der Waals surface area contributed by atoms with Crippen LogP contribution in [0.2, 0.25) is 0 Å². The van der Waals surface area contributed by atoms with Crippen LogP contribution in [0.25, 0.3) is 0 Å². The van der Waals surface area contributed by atoms with Gasteiger partial charge in [0, 0.05) is 12.0 Å². The summed E-state index contributed by atoms with van der Waals surface area (Å²) in [7, 11) is 0. The second kappa shape index (κ2) is 3.54. The van der Waals surface area contributed by atoms with Crippen molar-refractivity contribution < 1.29 is 4.79 Å². The minimum absolute atomic E-state index is 0.406. The van der Waals surface area contributed by atoms with E-state index in [0.717, 1.165) is 25.5 Å². The molecule has 0 spiro atoms. The Morgan fingerprint density at radius 3 is 3.00 bits per heavy atom. The molecule has 2 N–H and O–H groups in total. The van der Waals surface area contributed by atoms with E-state index in [1.165, 1.54) is 11.1 Å². The third-order valence-electron chi connectivity index (χ3n) is 3.07. The molecule has 1 aliphatic rings. The minimum Gasteiger partial charge on any atom is -0.321 e. The molecular weight excluding hydrogens is 174 g/mol. The van der Waals surface area contributed by atoms with Gasteiger partial charge in [0.15, 0.2) is 0 Å². The van der Waals surface area contributed by atoms with E-state index in [9.17, 15) is 4.79 Å². The second-order valence-corrected chi connectivity index (χ2v) is 4.04. The van der Waals surface area contributed by atoms with E-state index in [0.29, 0.717) is 6.42 Å². The number of hydrogen-bond donors (Lipinski definition) is 1. The molecule has 1 atom stereocenters. The molecule has 0 aromatic heterocycles. The normalized spacial score (nSPS) is 25.5. The van der Waals surface area contributed by atoms with E-state index in [1.54, 1.807) is 0 Å². The van der Waals surface area contributed by atoms with Crippen LogP contribution in [0.5, 0.6) is 0 Å². The van der Waals surface area contributed by atoms with Crippen LogP contribution in [-0.4, -0.2) is 6.29 Å². The van der Waals surface area contributed by atoms with Crippen LogP contribution in [0.4, 0.5) is 0 Å². The number of carbonyl (C=O) groups is 1. The summed E-state index contributed by atoms with van der Waals surface area (Å²) in [6.45, 7) is 0. The molecule has 1 aliphatic carbocycles. The maximum absolute atomic E-state index is 10.6. The number of benzene rings is 1. The average Bonchev–Trinajstić information content (AvgIpc) is 2.19. The summed E-state index contributed by atoms with van der Waals surface area (Å²) in [6.07, 6.45) is 4.46. The molecule has 2 nitrogen and oxygen atoms in total. The maximum Gasteiger partial charge on any atom is 0.122 e. The first-order chi connectivity index (χ1) is 6.76. The van der Waals surface area contributed by atoms with Gasteiger partial charge in [0.1, 0.15) is 6.29 Å². The molecule has 2 rings (SSSR count). The highest BCUT2D eigenvalue weighted by Crippen LogP contribution is 2.34. The van der Waals surface area contributed by atoms with Crippen LogP contribution in [0.15, 0.2) is 24.3 Å². The zero-order valence-corrected chi connectivity index (χ0v) is 8.20. The summed E-state index contributed by atoms with van der Waals surface area (Å²) in [5, 5.41) is 0. The lowest BCUT2D eigenvalue weighted by atomic mass is 9.76. The van der Waals surface area contributed by atoms with Crippen molar-refractivity contribution in [2.24, 2.45) is 5.73 Å². The van der Waals surface area contributed by atoms with Gasteiger partial charge >= 0.3 is 0 Å². The van der Waals surface area contributed by atoms with Crippen molar-refractivity contribution in [2.75, 3.05) is 0 Å². The average molecular weight is 189 g/mol. The zero-order valence-electron chi connectivity index (χ0n) is 8.20. The number of rotatable bonds is 2. The van der Waals surface area contributed by atoms with Crippen molar-refractivity contribution in [3.8, 4) is 0 Å². The number of hydrogen-bond acceptors (Lipinski definition) is 2. The van der Waals surface area contributed by atoms with Gasteiger partial charge in [0.25, 0.3) is 0 Å². The third kappa shape index (κ3) is 1.46. The van der Waals surface area contributed by atoms with Gasteiger partial charge < -0.3 is 10.5 Å². The van der Waals surface area contributed by atoms with Crippen LogP contribution in [0, 0.1) is 0 Å². The number of nitrogens with two attached hydrogens (primary N) is 1. The molecule has 0 amide bonds. The molecule has 1 aromatic carbocycles. The largest absolute Gasteiger partial charge is 0.321 e. The first-order valence-corrected chi connectivity index (χ1v) is 5.07. The summed E-state index contributed by atoms with van der Waals surface area (Å²) < 4.78 is 0. The monoisotopic (exact) mass is 189 g/mol. The standard InChI is InChI=1S/C12H15NO/c13-12(8-9-14)7-3-5-10-4-1-2-6-11(10)12/h1-2,4,6,9H,3,5,7-8,13H2. The Balaban J connectivity index is 2.44. The highest BCUT2D eigenvalue weighted by atomic mass is 16.1. The van der Waals surface area contributed by atoms with Crippen molar-refractivity contribution >= 4 is 6.29 Å². The van der Waals surface area contributed by atoms with Gasteiger partial charge in [-0.1, -0.05) is 24.3 Å². The quantitative estimate of drug-likeness (QED) is 0.720. The van der Waals surface area contributed by atoms with Gasteiger partial charge in [-0.3, -0.25) is 0 Å². The molecule has 74 valence electrons. The Bertz CT molecular complexity index is 348. The lowest BCUT2D eigenvalue weighted by Crippen LogP contribution is -2.40. The fraction of sp³-hybridized carbons (Fsp3) is 0.417. The van der Waals surface area contributed by atoms with Crippen LogP contribution in [-0.2, 0) is 16.8 Å². The Morgan fingerprint density at radius 2 is 2.21 bits per heavy atom. The zero-order chi connectivity index (χ0) is 10.0. The smallest absolute Gasteiger partial charge is 0.122 e. The Kier molecular flexibility index (Phi) is 2.38. The first kappa shape index (κ1) is 9.41. The van der Waals surface area contributed by atoms with Crippen molar-refractivity contribution in [3.63, 3.8) is 0 Å². The topological polar surface area (TPSA) is 43.1 Å².